The summed E-state index contributed by atoms with van der Waals surface area (Å²) in [6.45, 7) is 2.28. The van der Waals surface area contributed by atoms with Gasteiger partial charge in [0.05, 0.1) is 6.16 Å². The van der Waals surface area contributed by atoms with Crippen molar-refractivity contribution in [3.8, 4) is 0 Å². The zero-order chi connectivity index (χ0) is 20.9. The topological polar surface area (TPSA) is 0 Å². The molecule has 0 fully saturated rings. The standard InChI is InChI=1S/C29H36P/c1-2-3-4-5-6-7-8-9-19-26-30(27-20-13-10-14-21-27,28-22-15-11-16-23-28)29-24-17-12-18-25-29/h9-25H,2-8,26H2,1H3/q+1. The summed E-state index contributed by atoms with van der Waals surface area (Å²) in [7, 11) is -1.71. The van der Waals surface area contributed by atoms with E-state index >= 15 is 0 Å². The molecule has 0 aromatic heterocycles. The van der Waals surface area contributed by atoms with E-state index in [1.807, 2.05) is 0 Å². The summed E-state index contributed by atoms with van der Waals surface area (Å²) in [5, 5.41) is 4.39. The third-order valence-corrected chi connectivity index (χ3v) is 10.2. The molecule has 156 valence electrons. The molecule has 1 heteroatoms. The lowest BCUT2D eigenvalue weighted by Crippen LogP contribution is -2.32. The molecule has 0 saturated heterocycles. The molecule has 3 aromatic carbocycles. The van der Waals surface area contributed by atoms with Crippen LogP contribution in [0.5, 0.6) is 0 Å². The number of allylic oxidation sites excluding steroid dienone is 2. The Balaban J connectivity index is 1.84. The van der Waals surface area contributed by atoms with Crippen molar-refractivity contribution in [2.45, 2.75) is 51.9 Å². The number of hydrogen-bond acceptors (Lipinski definition) is 0. The highest BCUT2D eigenvalue weighted by molar-refractivity contribution is 7.95. The first-order valence-electron chi connectivity index (χ1n) is 11.6. The zero-order valence-electron chi connectivity index (χ0n) is 18.4. The van der Waals surface area contributed by atoms with Crippen molar-refractivity contribution in [2.75, 3.05) is 6.16 Å². The van der Waals surface area contributed by atoms with E-state index in [0.29, 0.717) is 0 Å². The molecule has 0 aliphatic rings. The Kier molecular flexibility index (Phi) is 9.39. The highest BCUT2D eigenvalue weighted by atomic mass is 31.2. The second-order valence-corrected chi connectivity index (χ2v) is 11.6. The van der Waals surface area contributed by atoms with Crippen LogP contribution in [-0.4, -0.2) is 6.16 Å². The van der Waals surface area contributed by atoms with Gasteiger partial charge < -0.3 is 0 Å². The van der Waals surface area contributed by atoms with Crippen molar-refractivity contribution in [1.82, 2.24) is 0 Å². The van der Waals surface area contributed by atoms with E-state index in [2.05, 4.69) is 110 Å². The third-order valence-electron chi connectivity index (χ3n) is 5.86. The lowest BCUT2D eigenvalue weighted by Gasteiger charge is -2.26. The van der Waals surface area contributed by atoms with Crippen molar-refractivity contribution in [3.05, 3.63) is 103 Å². The summed E-state index contributed by atoms with van der Waals surface area (Å²) in [6, 6.07) is 33.5. The number of rotatable bonds is 12. The summed E-state index contributed by atoms with van der Waals surface area (Å²) >= 11 is 0. The monoisotopic (exact) mass is 415 g/mol. The highest BCUT2D eigenvalue weighted by Crippen LogP contribution is 2.55. The number of unbranched alkanes of at least 4 members (excludes halogenated alkanes) is 6. The predicted molar refractivity (Wildman–Crippen MR) is 137 cm³/mol. The molecule has 0 unspecified atom stereocenters. The van der Waals surface area contributed by atoms with Crippen molar-refractivity contribution >= 4 is 23.2 Å². The molecular weight excluding hydrogens is 379 g/mol. The molecule has 0 aliphatic carbocycles. The summed E-state index contributed by atoms with van der Waals surface area (Å²) in [4.78, 5) is 0. The fourth-order valence-electron chi connectivity index (χ4n) is 4.20. The highest BCUT2D eigenvalue weighted by Gasteiger charge is 2.43. The van der Waals surface area contributed by atoms with E-state index in [4.69, 9.17) is 0 Å². The van der Waals surface area contributed by atoms with Gasteiger partial charge in [-0.15, -0.1) is 0 Å². The summed E-state index contributed by atoms with van der Waals surface area (Å²) in [5.74, 6) is 0. The molecule has 0 aliphatic heterocycles. The van der Waals surface area contributed by atoms with Crippen molar-refractivity contribution < 1.29 is 0 Å². The first kappa shape index (κ1) is 22.5. The fourth-order valence-corrected chi connectivity index (χ4v) is 8.24. The Hall–Kier alpha value is -2.17. The molecule has 0 N–H and O–H groups in total. The minimum absolute atomic E-state index is 1.08. The van der Waals surface area contributed by atoms with Gasteiger partial charge >= 0.3 is 0 Å². The summed E-state index contributed by atoms with van der Waals surface area (Å²) < 4.78 is 0. The van der Waals surface area contributed by atoms with Gasteiger partial charge in [-0.25, -0.2) is 0 Å². The molecule has 3 aromatic rings. The first-order valence-corrected chi connectivity index (χ1v) is 13.6. The molecule has 0 saturated carbocycles. The largest absolute Gasteiger partial charge is 0.115 e. The maximum absolute atomic E-state index is 2.47. The molecule has 0 heterocycles. The molecule has 0 atom stereocenters. The van der Waals surface area contributed by atoms with Crippen LogP contribution in [0.4, 0.5) is 0 Å². The molecule has 3 rings (SSSR count). The average Bonchev–Trinajstić information content (AvgIpc) is 2.82. The van der Waals surface area contributed by atoms with Gasteiger partial charge in [0, 0.05) is 0 Å². The van der Waals surface area contributed by atoms with Gasteiger partial charge in [-0.3, -0.25) is 0 Å². The Labute approximate surface area is 184 Å². The van der Waals surface area contributed by atoms with Gasteiger partial charge in [0.1, 0.15) is 23.2 Å². The van der Waals surface area contributed by atoms with E-state index in [1.165, 1.54) is 60.9 Å². The summed E-state index contributed by atoms with van der Waals surface area (Å²) in [6.07, 6.45) is 15.3. The smallest absolute Gasteiger partial charge is 0.0849 e. The van der Waals surface area contributed by atoms with E-state index in [-0.39, 0.29) is 0 Å². The van der Waals surface area contributed by atoms with Crippen LogP contribution in [-0.2, 0) is 0 Å². The summed E-state index contributed by atoms with van der Waals surface area (Å²) in [5.41, 5.74) is 0. The van der Waals surface area contributed by atoms with E-state index in [0.717, 1.165) is 6.16 Å². The van der Waals surface area contributed by atoms with Gasteiger partial charge in [-0.1, -0.05) is 106 Å². The minimum Gasteiger partial charge on any atom is -0.0849 e. The van der Waals surface area contributed by atoms with E-state index < -0.39 is 7.26 Å². The fraction of sp³-hybridized carbons (Fsp3) is 0.310. The second kappa shape index (κ2) is 12.5. The van der Waals surface area contributed by atoms with Crippen LogP contribution in [0, 0.1) is 0 Å². The Morgan fingerprint density at radius 2 is 0.967 bits per heavy atom. The minimum atomic E-state index is -1.71. The lowest BCUT2D eigenvalue weighted by molar-refractivity contribution is 0.611. The SMILES string of the molecule is CCCCCCCCC=CC[P+](c1ccccc1)(c1ccccc1)c1ccccc1. The second-order valence-electron chi connectivity index (χ2n) is 8.03. The predicted octanol–water partition coefficient (Wildman–Crippen LogP) is 7.29. The van der Waals surface area contributed by atoms with Crippen LogP contribution >= 0.6 is 7.26 Å². The van der Waals surface area contributed by atoms with Crippen molar-refractivity contribution in [3.63, 3.8) is 0 Å². The zero-order valence-corrected chi connectivity index (χ0v) is 19.3. The molecule has 30 heavy (non-hydrogen) atoms. The molecular formula is C29H36P+. The van der Waals surface area contributed by atoms with Crippen molar-refractivity contribution in [2.24, 2.45) is 0 Å². The van der Waals surface area contributed by atoms with Crippen LogP contribution in [0.25, 0.3) is 0 Å². The average molecular weight is 416 g/mol. The van der Waals surface area contributed by atoms with Crippen LogP contribution in [0.1, 0.15) is 51.9 Å². The molecule has 0 bridgehead atoms. The maximum Gasteiger partial charge on any atom is 0.115 e. The quantitative estimate of drug-likeness (QED) is 0.165. The molecule has 0 radical (unpaired) electrons. The molecule has 0 nitrogen and oxygen atoms in total. The Morgan fingerprint density at radius 1 is 0.533 bits per heavy atom. The van der Waals surface area contributed by atoms with Crippen LogP contribution in [0.15, 0.2) is 103 Å². The van der Waals surface area contributed by atoms with Crippen LogP contribution in [0.2, 0.25) is 0 Å². The van der Waals surface area contributed by atoms with Gasteiger partial charge in [0.2, 0.25) is 0 Å². The van der Waals surface area contributed by atoms with E-state index in [9.17, 15) is 0 Å². The van der Waals surface area contributed by atoms with Gasteiger partial charge in [-0.05, 0) is 49.2 Å². The Morgan fingerprint density at radius 3 is 1.43 bits per heavy atom. The molecule has 0 spiro atoms. The number of benzene rings is 3. The van der Waals surface area contributed by atoms with Gasteiger partial charge in [-0.2, -0.15) is 0 Å². The molecule has 0 amide bonds. The lowest BCUT2D eigenvalue weighted by atomic mass is 10.1. The number of hydrogen-bond donors (Lipinski definition) is 0. The van der Waals surface area contributed by atoms with E-state index in [1.54, 1.807) is 0 Å². The third kappa shape index (κ3) is 5.93. The maximum atomic E-state index is 2.47. The van der Waals surface area contributed by atoms with Gasteiger partial charge in [0.15, 0.2) is 0 Å². The Bertz CT molecular complexity index is 756. The van der Waals surface area contributed by atoms with Crippen LogP contribution in [0.3, 0.4) is 0 Å². The van der Waals surface area contributed by atoms with Crippen molar-refractivity contribution in [1.29, 1.82) is 0 Å². The van der Waals surface area contributed by atoms with Crippen LogP contribution < -0.4 is 15.9 Å². The first-order chi connectivity index (χ1) is 14.9. The van der Waals surface area contributed by atoms with Gasteiger partial charge in [0.25, 0.3) is 0 Å². The normalized spacial score (nSPS) is 11.8.